The first-order valence-electron chi connectivity index (χ1n) is 6.79. The molecule has 0 bridgehead atoms. The van der Waals surface area contributed by atoms with Crippen molar-refractivity contribution in [3.05, 3.63) is 23.3 Å². The molecule has 1 aliphatic heterocycles. The second-order valence-corrected chi connectivity index (χ2v) is 5.60. The molecule has 3 atom stereocenters. The molecule has 3 nitrogen and oxygen atoms in total. The van der Waals surface area contributed by atoms with E-state index in [4.69, 9.17) is 4.74 Å². The lowest BCUT2D eigenvalue weighted by Crippen LogP contribution is -2.30. The fraction of sp³-hybridized carbons (Fsp3) is 0.600. The number of rotatable bonds is 1. The highest BCUT2D eigenvalue weighted by molar-refractivity contribution is 5.95. The van der Waals surface area contributed by atoms with Crippen molar-refractivity contribution >= 4 is 11.9 Å². The average Bonchev–Trinajstić information content (AvgIpc) is 2.69. The maximum Gasteiger partial charge on any atom is 0.317 e. The Balaban J connectivity index is 1.88. The zero-order valence-electron chi connectivity index (χ0n) is 10.6. The third-order valence-electron chi connectivity index (χ3n) is 4.57. The van der Waals surface area contributed by atoms with Gasteiger partial charge >= 0.3 is 11.9 Å². The van der Waals surface area contributed by atoms with E-state index < -0.39 is 0 Å². The summed E-state index contributed by atoms with van der Waals surface area (Å²) in [6, 6.07) is 0. The highest BCUT2D eigenvalue weighted by atomic mass is 16.6. The summed E-state index contributed by atoms with van der Waals surface area (Å²) in [7, 11) is 0. The molecule has 3 unspecified atom stereocenters. The molecule has 0 amide bonds. The summed E-state index contributed by atoms with van der Waals surface area (Å²) in [5, 5.41) is 0. The second kappa shape index (κ2) is 4.38. The number of hydrogen-bond acceptors (Lipinski definition) is 3. The van der Waals surface area contributed by atoms with Gasteiger partial charge < -0.3 is 4.74 Å². The van der Waals surface area contributed by atoms with Gasteiger partial charge in [0.05, 0.1) is 12.3 Å². The Labute approximate surface area is 107 Å². The molecule has 2 fully saturated rings. The van der Waals surface area contributed by atoms with Crippen LogP contribution < -0.4 is 0 Å². The van der Waals surface area contributed by atoms with Crippen molar-refractivity contribution in [2.24, 2.45) is 17.8 Å². The van der Waals surface area contributed by atoms with E-state index in [9.17, 15) is 9.59 Å². The van der Waals surface area contributed by atoms with Gasteiger partial charge in [-0.15, -0.1) is 0 Å². The Morgan fingerprint density at radius 1 is 1.22 bits per heavy atom. The molecule has 1 heterocycles. The first-order chi connectivity index (χ1) is 8.66. The predicted molar refractivity (Wildman–Crippen MR) is 66.5 cm³/mol. The summed E-state index contributed by atoms with van der Waals surface area (Å²) in [5.74, 6) is -0.309. The van der Waals surface area contributed by atoms with Crippen molar-refractivity contribution in [3.8, 4) is 0 Å². The Morgan fingerprint density at radius 2 is 2.06 bits per heavy atom. The van der Waals surface area contributed by atoms with E-state index in [2.05, 4.69) is 19.1 Å². The summed E-state index contributed by atoms with van der Waals surface area (Å²) in [6.07, 6.45) is 9.26. The van der Waals surface area contributed by atoms with E-state index >= 15 is 0 Å². The minimum absolute atomic E-state index is 0.169. The summed E-state index contributed by atoms with van der Waals surface area (Å²) in [5.41, 5.74) is 2.86. The quantitative estimate of drug-likeness (QED) is 0.528. The number of carbonyl (C=O) groups excluding carboxylic acids is 2. The summed E-state index contributed by atoms with van der Waals surface area (Å²) < 4.78 is 4.71. The maximum atomic E-state index is 11.7. The number of fused-ring (bicyclic) bond motifs is 1. The van der Waals surface area contributed by atoms with Crippen molar-refractivity contribution in [1.82, 2.24) is 0 Å². The summed E-state index contributed by atoms with van der Waals surface area (Å²) in [4.78, 5) is 23.0. The fourth-order valence-electron chi connectivity index (χ4n) is 3.65. The standard InChI is InChI=1S/C15H18O3/c1-9-6-7-12(11-5-3-2-4-10(9)11)13-8-14(16)18-15(13)17/h6-7,11-13H,2-5,8H2,1H3. The van der Waals surface area contributed by atoms with Crippen molar-refractivity contribution in [1.29, 1.82) is 0 Å². The van der Waals surface area contributed by atoms with Crippen LogP contribution in [0, 0.1) is 17.8 Å². The van der Waals surface area contributed by atoms with E-state index in [1.807, 2.05) is 0 Å². The monoisotopic (exact) mass is 246 g/mol. The second-order valence-electron chi connectivity index (χ2n) is 5.60. The molecule has 96 valence electrons. The van der Waals surface area contributed by atoms with Gasteiger partial charge in [-0.2, -0.15) is 0 Å². The number of esters is 2. The van der Waals surface area contributed by atoms with Crippen LogP contribution >= 0.6 is 0 Å². The van der Waals surface area contributed by atoms with Crippen LogP contribution in [-0.4, -0.2) is 11.9 Å². The van der Waals surface area contributed by atoms with Crippen LogP contribution in [0.4, 0.5) is 0 Å². The van der Waals surface area contributed by atoms with Crippen molar-refractivity contribution in [2.75, 3.05) is 0 Å². The first-order valence-corrected chi connectivity index (χ1v) is 6.79. The fourth-order valence-corrected chi connectivity index (χ4v) is 3.65. The molecule has 3 heteroatoms. The summed E-state index contributed by atoms with van der Waals surface area (Å²) in [6.45, 7) is 2.15. The zero-order valence-corrected chi connectivity index (χ0v) is 10.6. The molecule has 18 heavy (non-hydrogen) atoms. The van der Waals surface area contributed by atoms with Gasteiger partial charge in [0.25, 0.3) is 0 Å². The lowest BCUT2D eigenvalue weighted by molar-refractivity contribution is -0.153. The molecule has 0 radical (unpaired) electrons. The van der Waals surface area contributed by atoms with Crippen LogP contribution in [0.15, 0.2) is 23.3 Å². The smallest absolute Gasteiger partial charge is 0.317 e. The SMILES string of the molecule is CC1=C2CCCCC2C(C2CC(=O)OC2=O)C=C1. The van der Waals surface area contributed by atoms with E-state index in [1.54, 1.807) is 0 Å². The van der Waals surface area contributed by atoms with Gasteiger partial charge in [0.15, 0.2) is 0 Å². The van der Waals surface area contributed by atoms with E-state index in [0.29, 0.717) is 5.92 Å². The van der Waals surface area contributed by atoms with E-state index in [-0.39, 0.29) is 30.2 Å². The van der Waals surface area contributed by atoms with Gasteiger partial charge in [0.2, 0.25) is 0 Å². The lowest BCUT2D eigenvalue weighted by Gasteiger charge is -2.36. The molecule has 1 saturated heterocycles. The molecular formula is C15H18O3. The average molecular weight is 246 g/mol. The van der Waals surface area contributed by atoms with Gasteiger partial charge in [0, 0.05) is 0 Å². The van der Waals surface area contributed by atoms with Crippen LogP contribution in [0.25, 0.3) is 0 Å². The van der Waals surface area contributed by atoms with Crippen LogP contribution in [-0.2, 0) is 14.3 Å². The third kappa shape index (κ3) is 1.82. The van der Waals surface area contributed by atoms with Gasteiger partial charge in [-0.05, 0) is 38.0 Å². The van der Waals surface area contributed by atoms with Crippen molar-refractivity contribution in [3.63, 3.8) is 0 Å². The Bertz CT molecular complexity index is 458. The van der Waals surface area contributed by atoms with Crippen LogP contribution in [0.5, 0.6) is 0 Å². The van der Waals surface area contributed by atoms with E-state index in [0.717, 1.165) is 12.8 Å². The molecule has 3 aliphatic rings. The van der Waals surface area contributed by atoms with Gasteiger partial charge in [-0.3, -0.25) is 9.59 Å². The highest BCUT2D eigenvalue weighted by Gasteiger charge is 2.43. The van der Waals surface area contributed by atoms with Crippen LogP contribution in [0.3, 0.4) is 0 Å². The Hall–Kier alpha value is -1.38. The van der Waals surface area contributed by atoms with Gasteiger partial charge in [-0.1, -0.05) is 29.7 Å². The van der Waals surface area contributed by atoms with Crippen molar-refractivity contribution in [2.45, 2.75) is 39.0 Å². The third-order valence-corrected chi connectivity index (χ3v) is 4.57. The molecule has 0 aromatic carbocycles. The number of hydrogen-bond donors (Lipinski definition) is 0. The van der Waals surface area contributed by atoms with Gasteiger partial charge in [0.1, 0.15) is 0 Å². The first kappa shape index (κ1) is 11.7. The molecule has 0 aromatic heterocycles. The molecule has 1 saturated carbocycles. The molecule has 2 aliphatic carbocycles. The number of allylic oxidation sites excluding steroid dienone is 4. The molecular weight excluding hydrogens is 228 g/mol. The Kier molecular flexibility index (Phi) is 2.84. The zero-order chi connectivity index (χ0) is 12.7. The largest absolute Gasteiger partial charge is 0.393 e. The minimum atomic E-state index is -0.359. The van der Waals surface area contributed by atoms with Gasteiger partial charge in [-0.25, -0.2) is 0 Å². The molecule has 0 aromatic rings. The molecule has 0 N–H and O–H groups in total. The topological polar surface area (TPSA) is 43.4 Å². The predicted octanol–water partition coefficient (Wildman–Crippen LogP) is 2.77. The molecule has 3 rings (SSSR count). The Morgan fingerprint density at radius 3 is 2.78 bits per heavy atom. The van der Waals surface area contributed by atoms with Crippen LogP contribution in [0.2, 0.25) is 0 Å². The lowest BCUT2D eigenvalue weighted by atomic mass is 9.67. The molecule has 0 spiro atoms. The van der Waals surface area contributed by atoms with E-state index in [1.165, 1.54) is 24.0 Å². The minimum Gasteiger partial charge on any atom is -0.393 e. The number of ether oxygens (including phenoxy) is 1. The maximum absolute atomic E-state index is 11.7. The normalized spacial score (nSPS) is 35.7. The van der Waals surface area contributed by atoms with Crippen LogP contribution in [0.1, 0.15) is 39.0 Å². The summed E-state index contributed by atoms with van der Waals surface area (Å²) >= 11 is 0. The van der Waals surface area contributed by atoms with Crippen molar-refractivity contribution < 1.29 is 14.3 Å². The number of carbonyl (C=O) groups is 2. The number of cyclic esters (lactones) is 2. The highest BCUT2D eigenvalue weighted by Crippen LogP contribution is 2.45.